The molecule has 148 valence electrons. The normalized spacial score (nSPS) is 13.0. The van der Waals surface area contributed by atoms with Crippen molar-refractivity contribution >= 4 is 23.2 Å². The molecular weight excluding hydrogens is 368 g/mol. The Hall–Kier alpha value is -3.61. The number of rotatable bonds is 6. The van der Waals surface area contributed by atoms with Crippen LogP contribution in [0.25, 0.3) is 5.69 Å². The first kappa shape index (κ1) is 18.7. The summed E-state index contributed by atoms with van der Waals surface area (Å²) in [6.45, 7) is 1.45. The summed E-state index contributed by atoms with van der Waals surface area (Å²) in [7, 11) is 1.63. The zero-order chi connectivity index (χ0) is 20.4. The van der Waals surface area contributed by atoms with Crippen molar-refractivity contribution in [3.8, 4) is 11.4 Å². The largest absolute Gasteiger partial charge is 0.497 e. The maximum absolute atomic E-state index is 12.8. The number of hydrogen-bond acceptors (Lipinski definition) is 4. The van der Waals surface area contributed by atoms with Crippen molar-refractivity contribution in [1.82, 2.24) is 9.78 Å². The predicted octanol–water partition coefficient (Wildman–Crippen LogP) is 3.97. The Labute approximate surface area is 168 Å². The van der Waals surface area contributed by atoms with E-state index in [2.05, 4.69) is 15.7 Å². The highest BCUT2D eigenvalue weighted by Gasteiger charge is 2.30. The Morgan fingerprint density at radius 3 is 2.34 bits per heavy atom. The minimum atomic E-state index is -0.277. The predicted molar refractivity (Wildman–Crippen MR) is 111 cm³/mol. The number of carbonyl (C=O) groups is 2. The van der Waals surface area contributed by atoms with Crippen LogP contribution in [-0.4, -0.2) is 28.7 Å². The topological polar surface area (TPSA) is 85.2 Å². The maximum atomic E-state index is 12.8. The van der Waals surface area contributed by atoms with Gasteiger partial charge in [0, 0.05) is 36.0 Å². The number of aromatic nitrogens is 2. The molecule has 1 aromatic heterocycles. The first-order valence-electron chi connectivity index (χ1n) is 9.47. The number of nitrogens with one attached hydrogen (secondary N) is 2. The van der Waals surface area contributed by atoms with Crippen molar-refractivity contribution in [2.24, 2.45) is 0 Å². The molecule has 2 aromatic carbocycles. The number of methoxy groups -OCH3 is 1. The monoisotopic (exact) mass is 390 g/mol. The number of nitrogens with zero attached hydrogens (tertiary/aromatic N) is 2. The second-order valence-corrected chi connectivity index (χ2v) is 7.05. The van der Waals surface area contributed by atoms with Crippen LogP contribution in [0.3, 0.4) is 0 Å². The van der Waals surface area contributed by atoms with E-state index in [4.69, 9.17) is 4.74 Å². The van der Waals surface area contributed by atoms with E-state index in [1.807, 2.05) is 35.0 Å². The number of ether oxygens (including phenoxy) is 1. The Morgan fingerprint density at radius 2 is 1.72 bits per heavy atom. The molecule has 1 heterocycles. The molecule has 2 amide bonds. The third kappa shape index (κ3) is 4.29. The fraction of sp³-hybridized carbons (Fsp3) is 0.227. The van der Waals surface area contributed by atoms with Crippen molar-refractivity contribution in [2.75, 3.05) is 17.7 Å². The van der Waals surface area contributed by atoms with Crippen LogP contribution in [0.4, 0.5) is 11.4 Å². The molecule has 1 aliphatic rings. The van der Waals surface area contributed by atoms with E-state index in [-0.39, 0.29) is 11.8 Å². The van der Waals surface area contributed by atoms with Crippen LogP contribution < -0.4 is 15.4 Å². The van der Waals surface area contributed by atoms with Gasteiger partial charge in [-0.05, 0) is 55.3 Å². The smallest absolute Gasteiger partial charge is 0.276 e. The van der Waals surface area contributed by atoms with Gasteiger partial charge in [-0.15, -0.1) is 0 Å². The van der Waals surface area contributed by atoms with E-state index in [0.717, 1.165) is 30.0 Å². The summed E-state index contributed by atoms with van der Waals surface area (Å²) in [6.07, 6.45) is 2.20. The Balaban J connectivity index is 1.56. The van der Waals surface area contributed by atoms with Crippen molar-refractivity contribution in [2.45, 2.75) is 25.7 Å². The van der Waals surface area contributed by atoms with E-state index in [0.29, 0.717) is 23.0 Å². The molecule has 0 atom stereocenters. The van der Waals surface area contributed by atoms with Gasteiger partial charge in [0.2, 0.25) is 5.91 Å². The number of benzene rings is 2. The molecule has 29 heavy (non-hydrogen) atoms. The highest BCUT2D eigenvalue weighted by Crippen LogP contribution is 2.41. The van der Waals surface area contributed by atoms with Crippen LogP contribution in [0.1, 0.15) is 41.9 Å². The van der Waals surface area contributed by atoms with Gasteiger partial charge in [-0.25, -0.2) is 4.68 Å². The molecule has 1 saturated carbocycles. The number of amides is 2. The van der Waals surface area contributed by atoms with Crippen LogP contribution in [0, 0.1) is 0 Å². The van der Waals surface area contributed by atoms with Gasteiger partial charge in [0.1, 0.15) is 5.75 Å². The molecule has 3 aromatic rings. The van der Waals surface area contributed by atoms with Crippen LogP contribution in [-0.2, 0) is 4.79 Å². The summed E-state index contributed by atoms with van der Waals surface area (Å²) in [5.41, 5.74) is 3.57. The van der Waals surface area contributed by atoms with Gasteiger partial charge in [-0.2, -0.15) is 5.10 Å². The minimum Gasteiger partial charge on any atom is -0.497 e. The van der Waals surface area contributed by atoms with Crippen molar-refractivity contribution in [3.63, 3.8) is 0 Å². The fourth-order valence-corrected chi connectivity index (χ4v) is 3.16. The molecule has 0 unspecified atom stereocenters. The lowest BCUT2D eigenvalue weighted by Gasteiger charge is -2.08. The molecule has 0 aliphatic heterocycles. The molecule has 7 heteroatoms. The summed E-state index contributed by atoms with van der Waals surface area (Å²) in [5, 5.41) is 10.1. The first-order chi connectivity index (χ1) is 14.0. The number of carbonyl (C=O) groups excluding carboxylic acids is 2. The lowest BCUT2D eigenvalue weighted by atomic mass is 10.2. The molecule has 2 N–H and O–H groups in total. The minimum absolute atomic E-state index is 0.141. The second kappa shape index (κ2) is 7.79. The van der Waals surface area contributed by atoms with Gasteiger partial charge in [-0.3, -0.25) is 9.59 Å². The van der Waals surface area contributed by atoms with Gasteiger partial charge < -0.3 is 15.4 Å². The van der Waals surface area contributed by atoms with Crippen molar-refractivity contribution in [1.29, 1.82) is 0 Å². The van der Waals surface area contributed by atoms with E-state index in [1.54, 1.807) is 31.4 Å². The number of anilines is 2. The molecular formula is C22H22N4O3. The van der Waals surface area contributed by atoms with Gasteiger partial charge in [0.05, 0.1) is 12.8 Å². The molecule has 7 nitrogen and oxygen atoms in total. The van der Waals surface area contributed by atoms with Crippen molar-refractivity contribution in [3.05, 3.63) is 66.0 Å². The second-order valence-electron chi connectivity index (χ2n) is 7.05. The molecule has 0 radical (unpaired) electrons. The van der Waals surface area contributed by atoms with E-state index in [9.17, 15) is 9.59 Å². The third-order valence-electron chi connectivity index (χ3n) is 4.73. The quantitative estimate of drug-likeness (QED) is 0.667. The molecule has 1 fully saturated rings. The zero-order valence-electron chi connectivity index (χ0n) is 16.3. The number of hydrogen-bond donors (Lipinski definition) is 2. The summed E-state index contributed by atoms with van der Waals surface area (Å²) in [6, 6.07) is 16.4. The lowest BCUT2D eigenvalue weighted by Crippen LogP contribution is -2.13. The molecule has 0 spiro atoms. The van der Waals surface area contributed by atoms with E-state index in [1.165, 1.54) is 6.92 Å². The highest BCUT2D eigenvalue weighted by molar-refractivity contribution is 6.03. The summed E-state index contributed by atoms with van der Waals surface area (Å²) in [4.78, 5) is 23.9. The highest BCUT2D eigenvalue weighted by atomic mass is 16.5. The van der Waals surface area contributed by atoms with Crippen LogP contribution in [0.5, 0.6) is 5.75 Å². The average Bonchev–Trinajstić information content (AvgIpc) is 3.47. The van der Waals surface area contributed by atoms with Crippen LogP contribution in [0.2, 0.25) is 0 Å². The summed E-state index contributed by atoms with van der Waals surface area (Å²) < 4.78 is 7.14. The zero-order valence-corrected chi connectivity index (χ0v) is 16.3. The average molecular weight is 390 g/mol. The van der Waals surface area contributed by atoms with Crippen molar-refractivity contribution < 1.29 is 14.3 Å². The van der Waals surface area contributed by atoms with Gasteiger partial charge in [0.25, 0.3) is 5.91 Å². The Kier molecular flexibility index (Phi) is 5.03. The fourth-order valence-electron chi connectivity index (χ4n) is 3.16. The SMILES string of the molecule is COc1cccc(-n2nc(C(=O)Nc3ccc(NC(C)=O)cc3)cc2C2CC2)c1. The molecule has 0 saturated heterocycles. The molecule has 0 bridgehead atoms. The third-order valence-corrected chi connectivity index (χ3v) is 4.73. The lowest BCUT2D eigenvalue weighted by molar-refractivity contribution is -0.114. The van der Waals surface area contributed by atoms with Crippen LogP contribution in [0.15, 0.2) is 54.6 Å². The van der Waals surface area contributed by atoms with Crippen LogP contribution >= 0.6 is 0 Å². The first-order valence-corrected chi connectivity index (χ1v) is 9.47. The summed E-state index contributed by atoms with van der Waals surface area (Å²) >= 11 is 0. The Morgan fingerprint density at radius 1 is 1.03 bits per heavy atom. The van der Waals surface area contributed by atoms with E-state index < -0.39 is 0 Å². The van der Waals surface area contributed by atoms with Gasteiger partial charge >= 0.3 is 0 Å². The maximum Gasteiger partial charge on any atom is 0.276 e. The standard InChI is InChI=1S/C22H22N4O3/c1-14(27)23-16-8-10-17(11-9-16)24-22(28)20-13-21(15-6-7-15)26(25-20)18-4-3-5-19(12-18)29-2/h3-5,8-13,15H,6-7H2,1-2H3,(H,23,27)(H,24,28). The molecule has 4 rings (SSSR count). The molecule has 1 aliphatic carbocycles. The van der Waals surface area contributed by atoms with Gasteiger partial charge in [-0.1, -0.05) is 6.07 Å². The Bertz CT molecular complexity index is 1050. The van der Waals surface area contributed by atoms with E-state index >= 15 is 0 Å². The summed E-state index contributed by atoms with van der Waals surface area (Å²) in [5.74, 6) is 0.746. The van der Waals surface area contributed by atoms with Gasteiger partial charge in [0.15, 0.2) is 5.69 Å².